The summed E-state index contributed by atoms with van der Waals surface area (Å²) in [6.07, 6.45) is 0.286. The molecule has 1 amide bonds. The van der Waals surface area contributed by atoms with E-state index in [-0.39, 0.29) is 24.0 Å². The van der Waals surface area contributed by atoms with E-state index in [0.29, 0.717) is 6.54 Å². The molecule has 1 atom stereocenters. The van der Waals surface area contributed by atoms with Crippen LogP contribution >= 0.6 is 0 Å². The van der Waals surface area contributed by atoms with Crippen LogP contribution in [0.15, 0.2) is 78.9 Å². The maximum Gasteiger partial charge on any atom is 0.221 e. The lowest BCUT2D eigenvalue weighted by atomic mass is 9.86. The average molecular weight is 345 g/mol. The molecule has 0 saturated carbocycles. The number of amides is 1. The minimum Gasteiger partial charge on any atom is -0.507 e. The first kappa shape index (κ1) is 17.7. The lowest BCUT2D eigenvalue weighted by Gasteiger charge is -2.20. The summed E-state index contributed by atoms with van der Waals surface area (Å²) in [7, 11) is 0. The number of phenolic OH excluding ortho intramolecular Hbond substituents is 1. The van der Waals surface area contributed by atoms with Crippen molar-refractivity contribution in [3.63, 3.8) is 0 Å². The molecule has 0 aliphatic rings. The summed E-state index contributed by atoms with van der Waals surface area (Å²) in [6.45, 7) is 2.37. The van der Waals surface area contributed by atoms with Gasteiger partial charge in [-0.1, -0.05) is 78.9 Å². The zero-order valence-electron chi connectivity index (χ0n) is 14.9. The largest absolute Gasteiger partial charge is 0.507 e. The van der Waals surface area contributed by atoms with Crippen LogP contribution in [0.2, 0.25) is 0 Å². The molecule has 3 rings (SSSR count). The second kappa shape index (κ2) is 8.34. The summed E-state index contributed by atoms with van der Waals surface area (Å²) in [4.78, 5) is 12.6. The van der Waals surface area contributed by atoms with Gasteiger partial charge in [-0.2, -0.15) is 0 Å². The van der Waals surface area contributed by atoms with E-state index in [1.807, 2.05) is 85.8 Å². The van der Waals surface area contributed by atoms with Gasteiger partial charge in [-0.3, -0.25) is 4.79 Å². The van der Waals surface area contributed by atoms with Crippen molar-refractivity contribution < 1.29 is 9.90 Å². The van der Waals surface area contributed by atoms with Gasteiger partial charge >= 0.3 is 0 Å². The Kier molecular flexibility index (Phi) is 5.69. The molecule has 3 aromatic rings. The third-order valence-electron chi connectivity index (χ3n) is 4.57. The fraction of sp³-hybridized carbons (Fsp3) is 0.174. The quantitative estimate of drug-likeness (QED) is 0.689. The zero-order chi connectivity index (χ0) is 18.4. The molecule has 26 heavy (non-hydrogen) atoms. The van der Waals surface area contributed by atoms with Crippen molar-refractivity contribution in [3.8, 4) is 5.75 Å². The van der Waals surface area contributed by atoms with Crippen LogP contribution in [0.3, 0.4) is 0 Å². The van der Waals surface area contributed by atoms with E-state index in [1.54, 1.807) is 0 Å². The summed E-state index contributed by atoms with van der Waals surface area (Å²) in [6, 6.07) is 25.4. The van der Waals surface area contributed by atoms with E-state index >= 15 is 0 Å². The molecule has 2 N–H and O–H groups in total. The highest BCUT2D eigenvalue weighted by atomic mass is 16.3. The van der Waals surface area contributed by atoms with E-state index in [2.05, 4.69) is 5.32 Å². The predicted octanol–water partition coefficient (Wildman–Crippen LogP) is 4.54. The normalized spacial score (nSPS) is 11.7. The van der Waals surface area contributed by atoms with Gasteiger partial charge in [-0.15, -0.1) is 0 Å². The smallest absolute Gasteiger partial charge is 0.221 e. The molecule has 0 bridgehead atoms. The third kappa shape index (κ3) is 4.31. The minimum absolute atomic E-state index is 0.0383. The molecule has 3 aromatic carbocycles. The number of aromatic hydroxyl groups is 1. The van der Waals surface area contributed by atoms with Crippen molar-refractivity contribution in [1.29, 1.82) is 0 Å². The maximum absolute atomic E-state index is 12.6. The van der Waals surface area contributed by atoms with Crippen molar-refractivity contribution in [3.05, 3.63) is 101 Å². The van der Waals surface area contributed by atoms with Gasteiger partial charge in [-0.05, 0) is 23.6 Å². The van der Waals surface area contributed by atoms with Crippen LogP contribution in [0.4, 0.5) is 0 Å². The second-order valence-corrected chi connectivity index (χ2v) is 6.44. The topological polar surface area (TPSA) is 49.3 Å². The number of benzene rings is 3. The molecule has 0 aliphatic carbocycles. The van der Waals surface area contributed by atoms with Crippen LogP contribution in [0, 0.1) is 6.92 Å². The zero-order valence-corrected chi connectivity index (χ0v) is 14.9. The summed E-state index contributed by atoms with van der Waals surface area (Å²) >= 11 is 0. The Hall–Kier alpha value is -3.07. The lowest BCUT2D eigenvalue weighted by molar-refractivity contribution is -0.121. The molecule has 0 heterocycles. The Morgan fingerprint density at radius 2 is 1.58 bits per heavy atom. The van der Waals surface area contributed by atoms with Crippen molar-refractivity contribution in [1.82, 2.24) is 5.32 Å². The molecular formula is C23H23NO2. The van der Waals surface area contributed by atoms with Gasteiger partial charge in [0.05, 0.1) is 0 Å². The molecule has 0 aliphatic heterocycles. The molecule has 3 heteroatoms. The Labute approximate surface area is 154 Å². The number of carbonyl (C=O) groups excluding carboxylic acids is 1. The van der Waals surface area contributed by atoms with Gasteiger partial charge in [0, 0.05) is 24.4 Å². The van der Waals surface area contributed by atoms with Gasteiger partial charge in [0.15, 0.2) is 0 Å². The fourth-order valence-electron chi connectivity index (χ4n) is 3.11. The first-order valence-corrected chi connectivity index (χ1v) is 8.79. The Bertz CT molecular complexity index is 860. The van der Waals surface area contributed by atoms with Crippen LogP contribution in [0.5, 0.6) is 5.75 Å². The highest BCUT2D eigenvalue weighted by Gasteiger charge is 2.21. The van der Waals surface area contributed by atoms with Crippen molar-refractivity contribution in [2.24, 2.45) is 0 Å². The van der Waals surface area contributed by atoms with Crippen LogP contribution in [0.1, 0.15) is 34.6 Å². The SMILES string of the molecule is Cc1cccc(C(CC(=O)NCc2ccccc2)c2ccccc2)c1O. The Balaban J connectivity index is 1.80. The van der Waals surface area contributed by atoms with Crippen molar-refractivity contribution >= 4 is 5.91 Å². The van der Waals surface area contributed by atoms with Gasteiger partial charge < -0.3 is 10.4 Å². The molecule has 0 saturated heterocycles. The standard InChI is InChI=1S/C23H23NO2/c1-17-9-8-14-20(23(17)26)21(19-12-6-3-7-13-19)15-22(25)24-16-18-10-4-2-5-11-18/h2-14,21,26H,15-16H2,1H3,(H,24,25). The minimum atomic E-state index is -0.188. The van der Waals surface area contributed by atoms with E-state index < -0.39 is 0 Å². The van der Waals surface area contributed by atoms with Crippen LogP contribution in [0.25, 0.3) is 0 Å². The van der Waals surface area contributed by atoms with E-state index in [1.165, 1.54) is 0 Å². The number of phenols is 1. The van der Waals surface area contributed by atoms with Gasteiger partial charge in [0.25, 0.3) is 0 Å². The number of hydrogen-bond donors (Lipinski definition) is 2. The van der Waals surface area contributed by atoms with E-state index in [9.17, 15) is 9.90 Å². The molecule has 0 aromatic heterocycles. The van der Waals surface area contributed by atoms with Gasteiger partial charge in [0.1, 0.15) is 5.75 Å². The summed E-state index contributed by atoms with van der Waals surface area (Å²) in [5, 5.41) is 13.5. The number of nitrogens with one attached hydrogen (secondary N) is 1. The molecule has 0 spiro atoms. The summed E-state index contributed by atoms with van der Waals surface area (Å²) in [5.41, 5.74) is 3.68. The molecular weight excluding hydrogens is 322 g/mol. The average Bonchev–Trinajstić information content (AvgIpc) is 2.68. The number of para-hydroxylation sites is 1. The van der Waals surface area contributed by atoms with E-state index in [0.717, 1.165) is 22.3 Å². The molecule has 0 radical (unpaired) electrons. The monoisotopic (exact) mass is 345 g/mol. The number of hydrogen-bond acceptors (Lipinski definition) is 2. The first-order valence-electron chi connectivity index (χ1n) is 8.79. The molecule has 1 unspecified atom stereocenters. The van der Waals surface area contributed by atoms with Crippen LogP contribution < -0.4 is 5.32 Å². The first-order chi connectivity index (χ1) is 12.6. The van der Waals surface area contributed by atoms with Crippen molar-refractivity contribution in [2.45, 2.75) is 25.8 Å². The third-order valence-corrected chi connectivity index (χ3v) is 4.57. The highest BCUT2D eigenvalue weighted by molar-refractivity contribution is 5.77. The van der Waals surface area contributed by atoms with Crippen LogP contribution in [-0.4, -0.2) is 11.0 Å². The number of rotatable bonds is 6. The summed E-state index contributed by atoms with van der Waals surface area (Å²) in [5.74, 6) is 0.0349. The Morgan fingerprint density at radius 1 is 0.923 bits per heavy atom. The van der Waals surface area contributed by atoms with Gasteiger partial charge in [0.2, 0.25) is 5.91 Å². The fourth-order valence-corrected chi connectivity index (χ4v) is 3.11. The van der Waals surface area contributed by atoms with Gasteiger partial charge in [-0.25, -0.2) is 0 Å². The number of aryl methyl sites for hydroxylation is 1. The number of carbonyl (C=O) groups is 1. The Morgan fingerprint density at radius 3 is 2.27 bits per heavy atom. The second-order valence-electron chi connectivity index (χ2n) is 6.44. The molecule has 0 fully saturated rings. The van der Waals surface area contributed by atoms with Crippen molar-refractivity contribution in [2.75, 3.05) is 0 Å². The molecule has 3 nitrogen and oxygen atoms in total. The highest BCUT2D eigenvalue weighted by Crippen LogP contribution is 2.35. The molecule has 132 valence electrons. The summed E-state index contributed by atoms with van der Waals surface area (Å²) < 4.78 is 0. The van der Waals surface area contributed by atoms with E-state index in [4.69, 9.17) is 0 Å². The maximum atomic E-state index is 12.6. The van der Waals surface area contributed by atoms with Crippen LogP contribution in [-0.2, 0) is 11.3 Å². The predicted molar refractivity (Wildman–Crippen MR) is 104 cm³/mol. The lowest BCUT2D eigenvalue weighted by Crippen LogP contribution is -2.25.